The number of hydrogen-bond donors (Lipinski definition) is 0. The molecule has 36 heavy (non-hydrogen) atoms. The summed E-state index contributed by atoms with van der Waals surface area (Å²) in [5, 5.41) is 0. The molecule has 0 aromatic heterocycles. The van der Waals surface area contributed by atoms with Gasteiger partial charge in [0, 0.05) is 6.08 Å². The Morgan fingerprint density at radius 2 is 1.03 bits per heavy atom. The van der Waals surface area contributed by atoms with Crippen molar-refractivity contribution in [2.75, 3.05) is 0 Å². The summed E-state index contributed by atoms with van der Waals surface area (Å²) < 4.78 is 201. The molecule has 0 saturated carbocycles. The predicted octanol–water partition coefficient (Wildman–Crippen LogP) is 5.64. The van der Waals surface area contributed by atoms with E-state index in [0.717, 1.165) is 0 Å². The van der Waals surface area contributed by atoms with Crippen molar-refractivity contribution in [2.24, 2.45) is 0 Å². The Hall–Kier alpha value is -1.53. The fourth-order valence-electron chi connectivity index (χ4n) is 3.69. The highest BCUT2D eigenvalue weighted by molar-refractivity contribution is 5.22. The standard InChI is InChI=1S/C18H17F13O5/c1-11(2)33-7-6(32-10-9(8(7)34-11)35-12(3,4)36-10)5-13(19,20)14(21,22)15(23,24)16(25,26)17(27,28)18(29,30)31/h5,7-10H,1-4H3/b6-5+/t7-,8-,9+,10+/m0/s1. The molecule has 3 fully saturated rings. The van der Waals surface area contributed by atoms with Gasteiger partial charge in [0.2, 0.25) is 6.29 Å². The highest BCUT2D eigenvalue weighted by Gasteiger charge is 2.90. The number of allylic oxidation sites excluding steroid dienone is 1. The molecule has 18 heteroatoms. The van der Waals surface area contributed by atoms with E-state index in [9.17, 15) is 57.1 Å². The van der Waals surface area contributed by atoms with Crippen LogP contribution in [0.3, 0.4) is 0 Å². The lowest BCUT2D eigenvalue weighted by molar-refractivity contribution is -0.436. The molecule has 0 aliphatic carbocycles. The molecule has 4 atom stereocenters. The van der Waals surface area contributed by atoms with Crippen LogP contribution >= 0.6 is 0 Å². The monoisotopic (exact) mass is 560 g/mol. The number of hydrogen-bond acceptors (Lipinski definition) is 5. The van der Waals surface area contributed by atoms with Crippen LogP contribution in [0.25, 0.3) is 0 Å². The summed E-state index contributed by atoms with van der Waals surface area (Å²) in [7, 11) is 0. The Bertz CT molecular complexity index is 912. The van der Waals surface area contributed by atoms with Crippen molar-refractivity contribution in [2.45, 2.75) is 99.7 Å². The van der Waals surface area contributed by atoms with Gasteiger partial charge in [0.25, 0.3) is 0 Å². The van der Waals surface area contributed by atoms with Gasteiger partial charge in [-0.05, 0) is 27.7 Å². The largest absolute Gasteiger partial charge is 0.463 e. The highest BCUT2D eigenvalue weighted by Crippen LogP contribution is 2.61. The number of ether oxygens (including phenoxy) is 5. The van der Waals surface area contributed by atoms with Crippen LogP contribution < -0.4 is 0 Å². The third-order valence-electron chi connectivity index (χ3n) is 5.35. The maximum absolute atomic E-state index is 14.4. The van der Waals surface area contributed by atoms with E-state index in [-0.39, 0.29) is 0 Å². The summed E-state index contributed by atoms with van der Waals surface area (Å²) in [6.45, 7) is 5.03. The summed E-state index contributed by atoms with van der Waals surface area (Å²) in [6.07, 6.45) is -15.0. The Kier molecular flexibility index (Phi) is 6.25. The highest BCUT2D eigenvalue weighted by atomic mass is 19.4. The number of fused-ring (bicyclic) bond motifs is 3. The van der Waals surface area contributed by atoms with Crippen molar-refractivity contribution in [1.29, 1.82) is 0 Å². The normalized spacial score (nSPS) is 32.3. The van der Waals surface area contributed by atoms with Gasteiger partial charge in [-0.25, -0.2) is 0 Å². The molecule has 0 amide bonds. The van der Waals surface area contributed by atoms with Crippen LogP contribution in [-0.4, -0.2) is 72.0 Å². The van der Waals surface area contributed by atoms with Gasteiger partial charge in [0.15, 0.2) is 17.7 Å². The number of alkyl halides is 13. The Morgan fingerprint density at radius 3 is 1.53 bits per heavy atom. The second-order valence-electron chi connectivity index (χ2n) is 9.07. The molecule has 5 nitrogen and oxygen atoms in total. The van der Waals surface area contributed by atoms with Gasteiger partial charge in [0.1, 0.15) is 18.0 Å². The summed E-state index contributed by atoms with van der Waals surface area (Å²) in [6, 6.07) is 0. The summed E-state index contributed by atoms with van der Waals surface area (Å²) in [4.78, 5) is 0. The van der Waals surface area contributed by atoms with E-state index >= 15 is 0 Å². The van der Waals surface area contributed by atoms with Crippen LogP contribution in [0.4, 0.5) is 57.1 Å². The van der Waals surface area contributed by atoms with Crippen LogP contribution in [0.15, 0.2) is 11.8 Å². The van der Waals surface area contributed by atoms with Gasteiger partial charge < -0.3 is 23.7 Å². The van der Waals surface area contributed by atoms with Crippen LogP contribution in [0.2, 0.25) is 0 Å². The maximum atomic E-state index is 14.4. The lowest BCUT2D eigenvalue weighted by atomic mass is 9.92. The molecule has 3 rings (SSSR count). The SMILES string of the molecule is CC1(C)O[C@H]2O/C(=C/C(F)(F)C(F)(F)C(F)(F)C(F)(F)C(F)(F)C(F)(F)F)[C@@H]3OC(C)(C)O[C@@H]3[C@H]2O1. The molecule has 0 radical (unpaired) electrons. The molecular weight excluding hydrogens is 543 g/mol. The van der Waals surface area contributed by atoms with Gasteiger partial charge in [-0.1, -0.05) is 0 Å². The Morgan fingerprint density at radius 1 is 0.583 bits per heavy atom. The van der Waals surface area contributed by atoms with E-state index in [0.29, 0.717) is 0 Å². The number of rotatable bonds is 5. The molecule has 3 heterocycles. The zero-order valence-electron chi connectivity index (χ0n) is 18.3. The maximum Gasteiger partial charge on any atom is 0.460 e. The lowest BCUT2D eigenvalue weighted by Crippen LogP contribution is -2.69. The molecular formula is C18H17F13O5. The molecule has 0 N–H and O–H groups in total. The Balaban J connectivity index is 2.04. The molecule has 0 aromatic rings. The molecule has 3 aliphatic rings. The minimum Gasteiger partial charge on any atom is -0.463 e. The second-order valence-corrected chi connectivity index (χ2v) is 9.07. The third-order valence-corrected chi connectivity index (χ3v) is 5.35. The van der Waals surface area contributed by atoms with E-state index in [4.69, 9.17) is 23.7 Å². The minimum absolute atomic E-state index is 1.14. The van der Waals surface area contributed by atoms with Crippen LogP contribution in [-0.2, 0) is 23.7 Å². The average Bonchev–Trinajstić information content (AvgIpc) is 3.14. The van der Waals surface area contributed by atoms with E-state index in [1.165, 1.54) is 27.7 Å². The van der Waals surface area contributed by atoms with Crippen molar-refractivity contribution < 1.29 is 80.8 Å². The molecule has 0 aromatic carbocycles. The molecule has 0 bridgehead atoms. The van der Waals surface area contributed by atoms with E-state index < -0.39 is 83.8 Å². The topological polar surface area (TPSA) is 46.2 Å². The average molecular weight is 560 g/mol. The van der Waals surface area contributed by atoms with Gasteiger partial charge in [0.05, 0.1) is 0 Å². The number of halogens is 13. The minimum atomic E-state index is -8.01. The predicted molar refractivity (Wildman–Crippen MR) is 87.6 cm³/mol. The van der Waals surface area contributed by atoms with Crippen molar-refractivity contribution in [3.05, 3.63) is 11.8 Å². The first-order valence-corrected chi connectivity index (χ1v) is 9.77. The lowest BCUT2D eigenvalue weighted by Gasteiger charge is -2.39. The molecule has 0 unspecified atom stereocenters. The molecule has 210 valence electrons. The fraction of sp³-hybridized carbons (Fsp3) is 0.889. The first kappa shape index (κ1) is 29.0. The summed E-state index contributed by atoms with van der Waals surface area (Å²) in [5.74, 6) is -42.3. The molecule has 3 saturated heterocycles. The zero-order valence-corrected chi connectivity index (χ0v) is 18.3. The molecule has 0 spiro atoms. The van der Waals surface area contributed by atoms with Crippen LogP contribution in [0, 0.1) is 0 Å². The van der Waals surface area contributed by atoms with Gasteiger partial charge in [-0.3, -0.25) is 0 Å². The van der Waals surface area contributed by atoms with Gasteiger partial charge in [-0.15, -0.1) is 0 Å². The Labute approximate surface area is 193 Å². The van der Waals surface area contributed by atoms with Crippen molar-refractivity contribution in [1.82, 2.24) is 0 Å². The second kappa shape index (κ2) is 7.75. The van der Waals surface area contributed by atoms with Crippen LogP contribution in [0.1, 0.15) is 27.7 Å². The van der Waals surface area contributed by atoms with Crippen molar-refractivity contribution in [3.63, 3.8) is 0 Å². The first-order chi connectivity index (χ1) is 15.7. The zero-order chi connectivity index (χ0) is 28.1. The van der Waals surface area contributed by atoms with E-state index in [1.807, 2.05) is 0 Å². The fourth-order valence-corrected chi connectivity index (χ4v) is 3.69. The van der Waals surface area contributed by atoms with Gasteiger partial charge >= 0.3 is 35.8 Å². The summed E-state index contributed by atoms with van der Waals surface area (Å²) >= 11 is 0. The van der Waals surface area contributed by atoms with E-state index in [2.05, 4.69) is 0 Å². The van der Waals surface area contributed by atoms with Crippen molar-refractivity contribution in [3.8, 4) is 0 Å². The summed E-state index contributed by atoms with van der Waals surface area (Å²) in [5.41, 5.74) is 0. The van der Waals surface area contributed by atoms with Crippen LogP contribution in [0.5, 0.6) is 0 Å². The van der Waals surface area contributed by atoms with E-state index in [1.54, 1.807) is 0 Å². The first-order valence-electron chi connectivity index (χ1n) is 9.77. The van der Waals surface area contributed by atoms with Crippen molar-refractivity contribution >= 4 is 0 Å². The smallest absolute Gasteiger partial charge is 0.460 e. The third kappa shape index (κ3) is 4.11. The quantitative estimate of drug-likeness (QED) is 0.408. The molecule has 3 aliphatic heterocycles. The van der Waals surface area contributed by atoms with Gasteiger partial charge in [-0.2, -0.15) is 57.1 Å².